The summed E-state index contributed by atoms with van der Waals surface area (Å²) >= 11 is 5.99. The van der Waals surface area contributed by atoms with Gasteiger partial charge < -0.3 is 0 Å². The molecule has 0 aromatic heterocycles. The molecule has 0 saturated heterocycles. The van der Waals surface area contributed by atoms with Crippen molar-refractivity contribution in [2.45, 2.75) is 25.2 Å². The minimum Gasteiger partial charge on any atom is -0.207 e. The number of halogens is 2. The number of hydrogen-bond acceptors (Lipinski definition) is 1. The molecular formula is C11H9ClFN. The molecule has 2 rings (SSSR count). The lowest BCUT2D eigenvalue weighted by molar-refractivity contribution is 0.614. The topological polar surface area (TPSA) is 23.8 Å². The molecule has 0 unspecified atom stereocenters. The standard InChI is InChI=1S/C11H9ClFN/c1-7-4-9(12)8(5-10(7)13)11(6-14)2-3-11/h4-5H,2-3H2,1H3. The van der Waals surface area contributed by atoms with Crippen LogP contribution in [0.3, 0.4) is 0 Å². The van der Waals surface area contributed by atoms with Gasteiger partial charge in [-0.25, -0.2) is 4.39 Å². The van der Waals surface area contributed by atoms with Crippen molar-refractivity contribution in [1.82, 2.24) is 0 Å². The molecule has 14 heavy (non-hydrogen) atoms. The van der Waals surface area contributed by atoms with Crippen LogP contribution in [0, 0.1) is 24.1 Å². The van der Waals surface area contributed by atoms with Gasteiger partial charge in [0.05, 0.1) is 11.5 Å². The van der Waals surface area contributed by atoms with E-state index in [1.807, 2.05) is 0 Å². The van der Waals surface area contributed by atoms with Gasteiger partial charge in [-0.05, 0) is 43.0 Å². The zero-order valence-corrected chi connectivity index (χ0v) is 8.53. The van der Waals surface area contributed by atoms with Crippen molar-refractivity contribution in [1.29, 1.82) is 5.26 Å². The Bertz CT molecular complexity index is 430. The lowest BCUT2D eigenvalue weighted by Crippen LogP contribution is -2.04. The largest absolute Gasteiger partial charge is 0.207 e. The summed E-state index contributed by atoms with van der Waals surface area (Å²) in [6.07, 6.45) is 1.57. The molecule has 0 atom stereocenters. The third kappa shape index (κ3) is 1.29. The maximum atomic E-state index is 13.3. The zero-order valence-electron chi connectivity index (χ0n) is 7.77. The zero-order chi connectivity index (χ0) is 10.3. The predicted octanol–water partition coefficient (Wildman–Crippen LogP) is 3.34. The van der Waals surface area contributed by atoms with Gasteiger partial charge in [0.25, 0.3) is 0 Å². The van der Waals surface area contributed by atoms with Crippen LogP contribution in [-0.2, 0) is 5.41 Å². The molecule has 1 saturated carbocycles. The van der Waals surface area contributed by atoms with Crippen LogP contribution in [0.25, 0.3) is 0 Å². The highest BCUT2D eigenvalue weighted by molar-refractivity contribution is 6.31. The van der Waals surface area contributed by atoms with Crippen molar-refractivity contribution >= 4 is 11.6 Å². The van der Waals surface area contributed by atoms with Gasteiger partial charge >= 0.3 is 0 Å². The Morgan fingerprint density at radius 1 is 1.50 bits per heavy atom. The SMILES string of the molecule is Cc1cc(Cl)c(C2(C#N)CC2)cc1F. The van der Waals surface area contributed by atoms with Gasteiger partial charge in [0.1, 0.15) is 5.82 Å². The Kier molecular flexibility index (Phi) is 2.01. The number of nitriles is 1. The number of hydrogen-bond donors (Lipinski definition) is 0. The smallest absolute Gasteiger partial charge is 0.126 e. The first-order chi connectivity index (χ1) is 6.59. The minimum atomic E-state index is -0.508. The number of benzene rings is 1. The highest BCUT2D eigenvalue weighted by Gasteiger charge is 2.46. The van der Waals surface area contributed by atoms with Crippen molar-refractivity contribution in [3.8, 4) is 6.07 Å². The second-order valence-electron chi connectivity index (χ2n) is 3.78. The maximum absolute atomic E-state index is 13.3. The average molecular weight is 210 g/mol. The van der Waals surface area contributed by atoms with Crippen molar-refractivity contribution in [3.05, 3.63) is 34.1 Å². The van der Waals surface area contributed by atoms with Gasteiger partial charge in [0, 0.05) is 5.02 Å². The van der Waals surface area contributed by atoms with Crippen molar-refractivity contribution in [2.24, 2.45) is 0 Å². The molecule has 0 radical (unpaired) electrons. The normalized spacial score (nSPS) is 17.6. The molecule has 1 aromatic rings. The van der Waals surface area contributed by atoms with E-state index in [1.165, 1.54) is 6.07 Å². The molecule has 1 fully saturated rings. The van der Waals surface area contributed by atoms with Crippen LogP contribution in [-0.4, -0.2) is 0 Å². The molecule has 0 aliphatic heterocycles. The fourth-order valence-electron chi connectivity index (χ4n) is 1.58. The van der Waals surface area contributed by atoms with Gasteiger partial charge in [-0.2, -0.15) is 5.26 Å². The predicted molar refractivity (Wildman–Crippen MR) is 52.7 cm³/mol. The van der Waals surface area contributed by atoms with Crippen LogP contribution >= 0.6 is 11.6 Å². The first-order valence-corrected chi connectivity index (χ1v) is 4.84. The molecule has 1 aliphatic carbocycles. The van der Waals surface area contributed by atoms with Crippen LogP contribution in [0.2, 0.25) is 5.02 Å². The molecule has 72 valence electrons. The van der Waals surface area contributed by atoms with Gasteiger partial charge in [-0.1, -0.05) is 11.6 Å². The third-order valence-electron chi connectivity index (χ3n) is 2.73. The summed E-state index contributed by atoms with van der Waals surface area (Å²) in [4.78, 5) is 0. The molecule has 0 amide bonds. The summed E-state index contributed by atoms with van der Waals surface area (Å²) in [5, 5.41) is 9.47. The minimum absolute atomic E-state index is 0.286. The second kappa shape index (κ2) is 2.96. The summed E-state index contributed by atoms with van der Waals surface area (Å²) in [6, 6.07) is 5.19. The van der Waals surface area contributed by atoms with Crippen molar-refractivity contribution < 1.29 is 4.39 Å². The van der Waals surface area contributed by atoms with Gasteiger partial charge in [-0.3, -0.25) is 0 Å². The van der Waals surface area contributed by atoms with Crippen LogP contribution < -0.4 is 0 Å². The van der Waals surface area contributed by atoms with E-state index in [2.05, 4.69) is 6.07 Å². The molecule has 1 nitrogen and oxygen atoms in total. The molecule has 0 N–H and O–H groups in total. The summed E-state index contributed by atoms with van der Waals surface area (Å²) < 4.78 is 13.3. The number of nitrogens with zero attached hydrogens (tertiary/aromatic N) is 1. The Labute approximate surface area is 87.1 Å². The lowest BCUT2D eigenvalue weighted by atomic mass is 9.96. The van der Waals surface area contributed by atoms with Gasteiger partial charge in [0.2, 0.25) is 0 Å². The Morgan fingerprint density at radius 3 is 2.64 bits per heavy atom. The fraction of sp³-hybridized carbons (Fsp3) is 0.364. The summed E-state index contributed by atoms with van der Waals surface area (Å²) in [5.41, 5.74) is 0.656. The Balaban J connectivity index is 2.55. The number of rotatable bonds is 1. The van der Waals surface area contributed by atoms with Gasteiger partial charge in [-0.15, -0.1) is 0 Å². The quantitative estimate of drug-likeness (QED) is 0.696. The third-order valence-corrected chi connectivity index (χ3v) is 3.04. The van der Waals surface area contributed by atoms with Crippen LogP contribution in [0.1, 0.15) is 24.0 Å². The van der Waals surface area contributed by atoms with E-state index < -0.39 is 5.41 Å². The van der Waals surface area contributed by atoms with E-state index in [0.29, 0.717) is 16.1 Å². The van der Waals surface area contributed by atoms with E-state index in [9.17, 15) is 4.39 Å². The molecule has 0 bridgehead atoms. The lowest BCUT2D eigenvalue weighted by Gasteiger charge is -2.09. The Hall–Kier alpha value is -1.07. The van der Waals surface area contributed by atoms with E-state index in [-0.39, 0.29) is 5.82 Å². The molecule has 0 heterocycles. The number of aryl methyl sites for hydroxylation is 1. The van der Waals surface area contributed by atoms with E-state index in [1.54, 1.807) is 13.0 Å². The van der Waals surface area contributed by atoms with Crippen LogP contribution in [0.5, 0.6) is 0 Å². The Morgan fingerprint density at radius 2 is 2.14 bits per heavy atom. The first-order valence-electron chi connectivity index (χ1n) is 4.46. The summed E-state index contributed by atoms with van der Waals surface area (Å²) in [5.74, 6) is -0.286. The van der Waals surface area contributed by atoms with Gasteiger partial charge in [0.15, 0.2) is 0 Å². The van der Waals surface area contributed by atoms with Crippen LogP contribution in [0.15, 0.2) is 12.1 Å². The molecule has 3 heteroatoms. The molecule has 0 spiro atoms. The van der Waals surface area contributed by atoms with Crippen LogP contribution in [0.4, 0.5) is 4.39 Å². The molecular weight excluding hydrogens is 201 g/mol. The monoisotopic (exact) mass is 209 g/mol. The summed E-state index contributed by atoms with van der Waals surface area (Å²) in [7, 11) is 0. The highest BCUT2D eigenvalue weighted by atomic mass is 35.5. The summed E-state index contributed by atoms with van der Waals surface area (Å²) in [6.45, 7) is 1.66. The first kappa shape index (κ1) is 9.48. The van der Waals surface area contributed by atoms with Crippen molar-refractivity contribution in [3.63, 3.8) is 0 Å². The van der Waals surface area contributed by atoms with E-state index >= 15 is 0 Å². The second-order valence-corrected chi connectivity index (χ2v) is 4.18. The molecule has 1 aliphatic rings. The maximum Gasteiger partial charge on any atom is 0.126 e. The van der Waals surface area contributed by atoms with E-state index in [4.69, 9.17) is 16.9 Å². The fourth-order valence-corrected chi connectivity index (χ4v) is 1.98. The van der Waals surface area contributed by atoms with E-state index in [0.717, 1.165) is 12.8 Å². The molecule has 1 aromatic carbocycles. The van der Waals surface area contributed by atoms with Crippen molar-refractivity contribution in [2.75, 3.05) is 0 Å². The average Bonchev–Trinajstić information content (AvgIpc) is 2.92. The highest BCUT2D eigenvalue weighted by Crippen LogP contribution is 2.50.